The van der Waals surface area contributed by atoms with Crippen LogP contribution in [0, 0.1) is 0 Å². The average molecular weight is 501 g/mol. The summed E-state index contributed by atoms with van der Waals surface area (Å²) in [7, 11) is 0. The quantitative estimate of drug-likeness (QED) is 0.220. The second kappa shape index (κ2) is 8.72. The van der Waals surface area contributed by atoms with E-state index in [9.17, 15) is 0 Å². The van der Waals surface area contributed by atoms with Crippen molar-refractivity contribution in [2.45, 2.75) is 0 Å². The van der Waals surface area contributed by atoms with Crippen LogP contribution >= 0.6 is 0 Å². The minimum absolute atomic E-state index is 0.0388. The first-order chi connectivity index (χ1) is 21.0. The standard InChI is InChI=1S/C38H24O/c1-3-12-25(13-4-1)28-20-11-21-35-38(28)33-24-27(22-23-34(33)39-35)37-31-18-9-7-16-29(31)36(26-14-5-2-6-15-26)30-17-8-10-19-32(30)37/h1-24H/i7D,9D,16D,18D. The van der Waals surface area contributed by atoms with Gasteiger partial charge in [-0.3, -0.25) is 0 Å². The molecule has 0 unspecified atom stereocenters. The normalized spacial score (nSPS) is 13.0. The topological polar surface area (TPSA) is 13.1 Å². The average Bonchev–Trinajstić information content (AvgIpc) is 3.44. The summed E-state index contributed by atoms with van der Waals surface area (Å²) in [5.41, 5.74) is 7.09. The van der Waals surface area contributed by atoms with E-state index in [0.717, 1.165) is 66.1 Å². The third-order valence-electron chi connectivity index (χ3n) is 7.58. The van der Waals surface area contributed by atoms with Crippen molar-refractivity contribution in [1.82, 2.24) is 0 Å². The van der Waals surface area contributed by atoms with E-state index >= 15 is 0 Å². The highest BCUT2D eigenvalue weighted by atomic mass is 16.3. The molecule has 182 valence electrons. The van der Waals surface area contributed by atoms with Crippen LogP contribution in [0.4, 0.5) is 0 Å². The van der Waals surface area contributed by atoms with Crippen molar-refractivity contribution < 1.29 is 9.90 Å². The predicted octanol–water partition coefficient (Wildman–Crippen LogP) is 10.9. The third kappa shape index (κ3) is 3.41. The molecule has 1 aromatic heterocycles. The lowest BCUT2D eigenvalue weighted by atomic mass is 9.85. The SMILES string of the molecule is [2H]c1c([2H])c([2H])c2c(-c3ccc4oc5cccc(-c6ccccc6)c5c4c3)c3ccccc3c(-c3ccccc3)c2c1[2H]. The maximum absolute atomic E-state index is 9.15. The molecule has 1 heterocycles. The van der Waals surface area contributed by atoms with Crippen LogP contribution in [-0.2, 0) is 0 Å². The Morgan fingerprint density at radius 2 is 1.05 bits per heavy atom. The van der Waals surface area contributed by atoms with Crippen molar-refractivity contribution >= 4 is 43.5 Å². The third-order valence-corrected chi connectivity index (χ3v) is 7.58. The van der Waals surface area contributed by atoms with Gasteiger partial charge in [0.05, 0.1) is 5.48 Å². The van der Waals surface area contributed by atoms with Gasteiger partial charge in [-0.1, -0.05) is 127 Å². The van der Waals surface area contributed by atoms with Crippen molar-refractivity contribution in [3.63, 3.8) is 0 Å². The molecule has 8 aromatic rings. The summed E-state index contributed by atoms with van der Waals surface area (Å²) in [6.45, 7) is 0. The number of benzene rings is 7. The van der Waals surface area contributed by atoms with Crippen LogP contribution < -0.4 is 0 Å². The van der Waals surface area contributed by atoms with Crippen molar-refractivity contribution in [3.8, 4) is 33.4 Å². The second-order valence-electron chi connectivity index (χ2n) is 9.77. The van der Waals surface area contributed by atoms with Gasteiger partial charge in [-0.15, -0.1) is 0 Å². The van der Waals surface area contributed by atoms with Gasteiger partial charge >= 0.3 is 0 Å². The molecule has 0 saturated heterocycles. The summed E-state index contributed by atoms with van der Waals surface area (Å²) in [5.74, 6) is 0. The maximum atomic E-state index is 9.15. The highest BCUT2D eigenvalue weighted by Crippen LogP contribution is 2.45. The van der Waals surface area contributed by atoms with Crippen LogP contribution in [0.5, 0.6) is 0 Å². The monoisotopic (exact) mass is 500 g/mol. The Bertz CT molecular complexity index is 2370. The van der Waals surface area contributed by atoms with Crippen LogP contribution in [-0.4, -0.2) is 0 Å². The van der Waals surface area contributed by atoms with E-state index < -0.39 is 0 Å². The molecule has 0 bridgehead atoms. The zero-order valence-corrected chi connectivity index (χ0v) is 21.0. The molecule has 0 radical (unpaired) electrons. The zero-order valence-electron chi connectivity index (χ0n) is 25.0. The molecular formula is C38H24O. The number of rotatable bonds is 3. The Balaban J connectivity index is 1.55. The molecule has 39 heavy (non-hydrogen) atoms. The van der Waals surface area contributed by atoms with E-state index in [4.69, 9.17) is 9.90 Å². The molecule has 0 spiro atoms. The smallest absolute Gasteiger partial charge is 0.136 e. The molecule has 0 amide bonds. The fraction of sp³-hybridized carbons (Fsp3) is 0. The molecule has 7 aromatic carbocycles. The van der Waals surface area contributed by atoms with Crippen LogP contribution in [0.3, 0.4) is 0 Å². The summed E-state index contributed by atoms with van der Waals surface area (Å²) >= 11 is 0. The van der Waals surface area contributed by atoms with Crippen molar-refractivity contribution in [2.75, 3.05) is 0 Å². The van der Waals surface area contributed by atoms with E-state index in [1.165, 1.54) is 0 Å². The number of hydrogen-bond acceptors (Lipinski definition) is 1. The molecular weight excluding hydrogens is 472 g/mol. The Morgan fingerprint density at radius 3 is 1.74 bits per heavy atom. The number of fused-ring (bicyclic) bond motifs is 5. The van der Waals surface area contributed by atoms with Crippen LogP contribution in [0.25, 0.3) is 76.9 Å². The van der Waals surface area contributed by atoms with Crippen LogP contribution in [0.15, 0.2) is 150 Å². The van der Waals surface area contributed by atoms with Crippen LogP contribution in [0.1, 0.15) is 5.48 Å². The first kappa shape index (κ1) is 18.2. The Hall–Kier alpha value is -5.14. The van der Waals surface area contributed by atoms with Gasteiger partial charge in [0.2, 0.25) is 0 Å². The van der Waals surface area contributed by atoms with Gasteiger partial charge in [0.25, 0.3) is 0 Å². The predicted molar refractivity (Wildman–Crippen MR) is 165 cm³/mol. The van der Waals surface area contributed by atoms with Gasteiger partial charge in [0, 0.05) is 10.8 Å². The molecule has 1 nitrogen and oxygen atoms in total. The highest BCUT2D eigenvalue weighted by Gasteiger charge is 2.18. The van der Waals surface area contributed by atoms with Gasteiger partial charge in [-0.2, -0.15) is 0 Å². The minimum atomic E-state index is -0.241. The lowest BCUT2D eigenvalue weighted by Crippen LogP contribution is -1.90. The van der Waals surface area contributed by atoms with E-state index in [1.54, 1.807) is 0 Å². The molecule has 0 aliphatic rings. The molecule has 0 fully saturated rings. The number of furan rings is 1. The molecule has 8 rings (SSSR count). The van der Waals surface area contributed by atoms with Crippen molar-refractivity contribution in [1.29, 1.82) is 0 Å². The van der Waals surface area contributed by atoms with E-state index in [-0.39, 0.29) is 24.2 Å². The Labute approximate surface area is 232 Å². The number of hydrogen-bond donors (Lipinski definition) is 0. The van der Waals surface area contributed by atoms with Gasteiger partial charge in [0.15, 0.2) is 0 Å². The summed E-state index contributed by atoms with van der Waals surface area (Å²) < 4.78 is 41.8. The largest absolute Gasteiger partial charge is 0.456 e. The molecule has 1 heteroatoms. The summed E-state index contributed by atoms with van der Waals surface area (Å²) in [6.07, 6.45) is 0. The van der Waals surface area contributed by atoms with Crippen molar-refractivity contribution in [2.24, 2.45) is 0 Å². The van der Waals surface area contributed by atoms with E-state index in [2.05, 4.69) is 24.3 Å². The fourth-order valence-corrected chi connectivity index (χ4v) is 5.92. The molecule has 0 atom stereocenters. The Kier molecular flexibility index (Phi) is 4.06. The minimum Gasteiger partial charge on any atom is -0.456 e. The first-order valence-electron chi connectivity index (χ1n) is 15.0. The Morgan fingerprint density at radius 1 is 0.436 bits per heavy atom. The first-order valence-corrected chi connectivity index (χ1v) is 13.0. The van der Waals surface area contributed by atoms with Gasteiger partial charge in [0.1, 0.15) is 11.2 Å². The van der Waals surface area contributed by atoms with E-state index in [1.807, 2.05) is 97.1 Å². The van der Waals surface area contributed by atoms with Gasteiger partial charge in [-0.05, 0) is 73.1 Å². The molecule has 0 aliphatic carbocycles. The fourth-order valence-electron chi connectivity index (χ4n) is 5.92. The van der Waals surface area contributed by atoms with Crippen molar-refractivity contribution in [3.05, 3.63) is 145 Å². The summed E-state index contributed by atoms with van der Waals surface area (Å²) in [6, 6.07) is 39.8. The van der Waals surface area contributed by atoms with Crippen LogP contribution in [0.2, 0.25) is 0 Å². The zero-order chi connectivity index (χ0) is 29.2. The lowest BCUT2D eigenvalue weighted by molar-refractivity contribution is 0.669. The maximum Gasteiger partial charge on any atom is 0.136 e. The highest BCUT2D eigenvalue weighted by molar-refractivity contribution is 6.22. The van der Waals surface area contributed by atoms with Gasteiger partial charge < -0.3 is 4.42 Å². The lowest BCUT2D eigenvalue weighted by Gasteiger charge is -2.17. The summed E-state index contributed by atoms with van der Waals surface area (Å²) in [5, 5.41) is 4.86. The summed E-state index contributed by atoms with van der Waals surface area (Å²) in [4.78, 5) is 0. The molecule has 0 saturated carbocycles. The molecule has 0 aliphatic heterocycles. The molecule has 0 N–H and O–H groups in total. The van der Waals surface area contributed by atoms with E-state index in [0.29, 0.717) is 10.8 Å². The van der Waals surface area contributed by atoms with Gasteiger partial charge in [-0.25, -0.2) is 0 Å². The second-order valence-corrected chi connectivity index (χ2v) is 9.77.